The minimum Gasteiger partial charge on any atom is -0.480 e. The van der Waals surface area contributed by atoms with Gasteiger partial charge in [0.2, 0.25) is 10.0 Å². The van der Waals surface area contributed by atoms with Gasteiger partial charge in [-0.1, -0.05) is 0 Å². The number of sulfonamides is 1. The first kappa shape index (κ1) is 12.8. The van der Waals surface area contributed by atoms with Crippen molar-refractivity contribution in [2.24, 2.45) is 0 Å². The first-order chi connectivity index (χ1) is 6.26. The van der Waals surface area contributed by atoms with Crippen LogP contribution in [0.2, 0.25) is 0 Å². The number of methoxy groups -OCH3 is 1. The number of carboxylic acids is 1. The molecule has 0 aromatic heterocycles. The molecule has 2 N–H and O–H groups in total. The molecule has 82 valence electrons. The minimum absolute atomic E-state index is 0.543. The summed E-state index contributed by atoms with van der Waals surface area (Å²) in [4.78, 5) is 21.2. The molecule has 0 aromatic carbocycles. The minimum atomic E-state index is -3.66. The number of esters is 1. The number of carboxylic acid groups (broad SMARTS) is 1. The zero-order chi connectivity index (χ0) is 11.4. The summed E-state index contributed by atoms with van der Waals surface area (Å²) in [5.41, 5.74) is 0. The summed E-state index contributed by atoms with van der Waals surface area (Å²) in [7, 11) is -2.58. The molecule has 0 aliphatic heterocycles. The summed E-state index contributed by atoms with van der Waals surface area (Å²) in [6.07, 6.45) is 0.263. The molecule has 0 aliphatic rings. The highest BCUT2D eigenvalue weighted by atomic mass is 32.2. The van der Waals surface area contributed by atoms with E-state index in [9.17, 15) is 18.0 Å². The van der Waals surface area contributed by atoms with E-state index in [-0.39, 0.29) is 0 Å². The first-order valence-electron chi connectivity index (χ1n) is 3.53. The van der Waals surface area contributed by atoms with Crippen molar-refractivity contribution in [1.82, 2.24) is 4.72 Å². The fourth-order valence-corrected chi connectivity index (χ4v) is 1.39. The van der Waals surface area contributed by atoms with Gasteiger partial charge in [-0.3, -0.25) is 9.59 Å². The van der Waals surface area contributed by atoms with E-state index in [0.29, 0.717) is 0 Å². The molecular weight excluding hydrogens is 214 g/mol. The van der Waals surface area contributed by atoms with E-state index in [1.165, 1.54) is 0 Å². The quantitative estimate of drug-likeness (QED) is 0.554. The van der Waals surface area contributed by atoms with Crippen molar-refractivity contribution < 1.29 is 27.9 Å². The topological polar surface area (TPSA) is 110 Å². The second kappa shape index (κ2) is 4.91. The number of ether oxygens (including phenoxy) is 1. The molecule has 1 atom stereocenters. The Morgan fingerprint density at radius 2 is 2.00 bits per heavy atom. The predicted molar refractivity (Wildman–Crippen MR) is 46.0 cm³/mol. The van der Waals surface area contributed by atoms with Crippen molar-refractivity contribution in [3.63, 3.8) is 0 Å². The van der Waals surface area contributed by atoms with Gasteiger partial charge in [0.1, 0.15) is 6.04 Å². The summed E-state index contributed by atoms with van der Waals surface area (Å²) in [6, 6.07) is -1.49. The van der Waals surface area contributed by atoms with Crippen LogP contribution in [0.1, 0.15) is 6.42 Å². The van der Waals surface area contributed by atoms with E-state index in [0.717, 1.165) is 13.4 Å². The van der Waals surface area contributed by atoms with Crippen LogP contribution in [0.3, 0.4) is 0 Å². The monoisotopic (exact) mass is 225 g/mol. The Balaban J connectivity index is 4.47. The molecule has 0 aliphatic carbocycles. The zero-order valence-corrected chi connectivity index (χ0v) is 8.50. The molecule has 0 heterocycles. The Bertz CT molecular complexity index is 321. The molecule has 0 aromatic rings. The van der Waals surface area contributed by atoms with Crippen LogP contribution < -0.4 is 4.72 Å². The average molecular weight is 225 g/mol. The van der Waals surface area contributed by atoms with E-state index < -0.39 is 34.4 Å². The van der Waals surface area contributed by atoms with Gasteiger partial charge in [0.25, 0.3) is 0 Å². The second-order valence-corrected chi connectivity index (χ2v) is 4.34. The second-order valence-electron chi connectivity index (χ2n) is 2.56. The number of hydrogen-bond donors (Lipinski definition) is 2. The number of hydrogen-bond acceptors (Lipinski definition) is 5. The van der Waals surface area contributed by atoms with Crippen molar-refractivity contribution in [3.05, 3.63) is 0 Å². The van der Waals surface area contributed by atoms with Crippen LogP contribution in [-0.2, 0) is 24.3 Å². The van der Waals surface area contributed by atoms with Crippen LogP contribution in [0, 0.1) is 0 Å². The van der Waals surface area contributed by atoms with Gasteiger partial charge >= 0.3 is 11.9 Å². The van der Waals surface area contributed by atoms with Crippen molar-refractivity contribution in [1.29, 1.82) is 0 Å². The lowest BCUT2D eigenvalue weighted by molar-refractivity contribution is -0.147. The fraction of sp³-hybridized carbons (Fsp3) is 0.667. The van der Waals surface area contributed by atoms with Gasteiger partial charge in [-0.05, 0) is 0 Å². The lowest BCUT2D eigenvalue weighted by Crippen LogP contribution is -2.41. The molecule has 0 unspecified atom stereocenters. The lowest BCUT2D eigenvalue weighted by atomic mass is 10.2. The first-order valence-corrected chi connectivity index (χ1v) is 5.42. The van der Waals surface area contributed by atoms with E-state index >= 15 is 0 Å². The van der Waals surface area contributed by atoms with Crippen molar-refractivity contribution in [2.75, 3.05) is 13.4 Å². The third-order valence-electron chi connectivity index (χ3n) is 1.25. The van der Waals surface area contributed by atoms with Crippen LogP contribution in [-0.4, -0.2) is 44.9 Å². The number of rotatable bonds is 5. The number of carbonyl (C=O) groups is 2. The van der Waals surface area contributed by atoms with Gasteiger partial charge < -0.3 is 9.84 Å². The molecular formula is C6H11NO6S. The molecule has 0 rings (SSSR count). The summed E-state index contributed by atoms with van der Waals surface area (Å²) >= 11 is 0. The van der Waals surface area contributed by atoms with Crippen molar-refractivity contribution in [2.45, 2.75) is 12.5 Å². The molecule has 0 bridgehead atoms. The molecule has 0 amide bonds. The smallest absolute Gasteiger partial charge is 0.322 e. The number of carbonyl (C=O) groups excluding carboxylic acids is 1. The maximum absolute atomic E-state index is 10.7. The normalized spacial score (nSPS) is 13.3. The van der Waals surface area contributed by atoms with E-state index in [1.54, 1.807) is 4.72 Å². The van der Waals surface area contributed by atoms with Crippen LogP contribution in [0.5, 0.6) is 0 Å². The van der Waals surface area contributed by atoms with Gasteiger partial charge in [0.15, 0.2) is 0 Å². The Labute approximate surface area is 81.1 Å². The maximum Gasteiger partial charge on any atom is 0.322 e. The van der Waals surface area contributed by atoms with Crippen LogP contribution in [0.25, 0.3) is 0 Å². The van der Waals surface area contributed by atoms with Crippen molar-refractivity contribution >= 4 is 22.0 Å². The molecule has 0 radical (unpaired) electrons. The van der Waals surface area contributed by atoms with E-state index in [4.69, 9.17) is 5.11 Å². The third kappa shape index (κ3) is 5.49. The van der Waals surface area contributed by atoms with Gasteiger partial charge in [0, 0.05) is 0 Å². The van der Waals surface area contributed by atoms with E-state index in [1.807, 2.05) is 0 Å². The molecule has 0 saturated heterocycles. The summed E-state index contributed by atoms with van der Waals surface area (Å²) in [5.74, 6) is -2.23. The number of nitrogens with one attached hydrogen (secondary N) is 1. The van der Waals surface area contributed by atoms with Crippen LogP contribution >= 0.6 is 0 Å². The Hall–Kier alpha value is -1.15. The Morgan fingerprint density at radius 3 is 2.29 bits per heavy atom. The third-order valence-corrected chi connectivity index (χ3v) is 1.97. The SMILES string of the molecule is COC(=O)C[C@H](NS(C)(=O)=O)C(=O)O. The van der Waals surface area contributed by atoms with Crippen LogP contribution in [0.4, 0.5) is 0 Å². The lowest BCUT2D eigenvalue weighted by Gasteiger charge is -2.10. The summed E-state index contributed by atoms with van der Waals surface area (Å²) in [5, 5.41) is 8.55. The summed E-state index contributed by atoms with van der Waals surface area (Å²) in [6.45, 7) is 0. The Morgan fingerprint density at radius 1 is 1.50 bits per heavy atom. The molecule has 7 nitrogen and oxygen atoms in total. The molecule has 0 fully saturated rings. The maximum atomic E-state index is 10.7. The molecule has 8 heteroatoms. The fourth-order valence-electron chi connectivity index (χ4n) is 0.688. The van der Waals surface area contributed by atoms with Gasteiger partial charge in [0.05, 0.1) is 19.8 Å². The highest BCUT2D eigenvalue weighted by Crippen LogP contribution is 1.96. The molecule has 0 spiro atoms. The predicted octanol–water partition coefficient (Wildman–Crippen LogP) is -1.45. The number of aliphatic carboxylic acids is 1. The molecule has 0 saturated carbocycles. The zero-order valence-electron chi connectivity index (χ0n) is 7.68. The highest BCUT2D eigenvalue weighted by Gasteiger charge is 2.24. The van der Waals surface area contributed by atoms with E-state index in [2.05, 4.69) is 4.74 Å². The Kier molecular flexibility index (Phi) is 4.51. The molecule has 14 heavy (non-hydrogen) atoms. The van der Waals surface area contributed by atoms with Crippen LogP contribution in [0.15, 0.2) is 0 Å². The van der Waals surface area contributed by atoms with Gasteiger partial charge in [-0.15, -0.1) is 0 Å². The largest absolute Gasteiger partial charge is 0.480 e. The van der Waals surface area contributed by atoms with Gasteiger partial charge in [-0.2, -0.15) is 0 Å². The summed E-state index contributed by atoms with van der Waals surface area (Å²) < 4.78 is 27.4. The van der Waals surface area contributed by atoms with Gasteiger partial charge in [-0.25, -0.2) is 13.1 Å². The standard InChI is InChI=1S/C6H11NO6S/c1-13-5(8)3-4(6(9)10)7-14(2,11)12/h4,7H,3H2,1-2H3,(H,9,10)/t4-/m0/s1. The highest BCUT2D eigenvalue weighted by molar-refractivity contribution is 7.88. The van der Waals surface area contributed by atoms with Crippen molar-refractivity contribution in [3.8, 4) is 0 Å². The average Bonchev–Trinajstić information content (AvgIpc) is 2.00.